The molecule has 40 heavy (non-hydrogen) atoms. The molecule has 0 aliphatic carbocycles. The maximum Gasteiger partial charge on any atom is 0.226 e. The zero-order chi connectivity index (χ0) is 27.5. The third-order valence-corrected chi connectivity index (χ3v) is 9.46. The van der Waals surface area contributed by atoms with Gasteiger partial charge in [0.15, 0.2) is 11.6 Å². The number of benzene rings is 1. The number of thiophene rings is 1. The molecule has 2 saturated heterocycles. The van der Waals surface area contributed by atoms with E-state index in [0.29, 0.717) is 29.0 Å². The number of methoxy groups -OCH3 is 1. The van der Waals surface area contributed by atoms with Crippen LogP contribution in [0.1, 0.15) is 36.0 Å². The zero-order valence-corrected chi connectivity index (χ0v) is 22.7. The molecule has 12 heteroatoms. The van der Waals surface area contributed by atoms with Crippen molar-refractivity contribution in [3.05, 3.63) is 40.7 Å². The molecule has 0 spiro atoms. The van der Waals surface area contributed by atoms with Gasteiger partial charge in [0, 0.05) is 54.8 Å². The van der Waals surface area contributed by atoms with Gasteiger partial charge >= 0.3 is 0 Å². The van der Waals surface area contributed by atoms with Gasteiger partial charge in [-0.25, -0.2) is 18.7 Å². The fraction of sp³-hybridized carbons (Fsp3) is 0.429. The Morgan fingerprint density at radius 3 is 2.88 bits per heavy atom. The lowest BCUT2D eigenvalue weighted by molar-refractivity contribution is 0.0943. The largest absolute Gasteiger partial charge is 0.389 e. The summed E-state index contributed by atoms with van der Waals surface area (Å²) in [7, 11) is 1.74. The number of pyridine rings is 1. The monoisotopic (exact) mass is 563 g/mol. The van der Waals surface area contributed by atoms with Crippen molar-refractivity contribution in [1.82, 2.24) is 19.9 Å². The fourth-order valence-corrected chi connectivity index (χ4v) is 7.52. The van der Waals surface area contributed by atoms with Gasteiger partial charge in [-0.1, -0.05) is 0 Å². The maximum absolute atomic E-state index is 16.6. The molecule has 0 amide bonds. The Bertz CT molecular complexity index is 1700. The molecule has 3 aliphatic rings. The van der Waals surface area contributed by atoms with Crippen molar-refractivity contribution in [2.45, 2.75) is 44.6 Å². The summed E-state index contributed by atoms with van der Waals surface area (Å²) in [5.41, 5.74) is 8.01. The van der Waals surface area contributed by atoms with Crippen LogP contribution in [0.3, 0.4) is 0 Å². The summed E-state index contributed by atoms with van der Waals surface area (Å²) in [4.78, 5) is 18.3. The molecule has 0 unspecified atom stereocenters. The first-order valence-corrected chi connectivity index (χ1v) is 14.2. The number of hydrogen-bond donors (Lipinski definition) is 1. The second kappa shape index (κ2) is 9.85. The highest BCUT2D eigenvalue weighted by molar-refractivity contribution is 7.23. The number of rotatable bonds is 5. The van der Waals surface area contributed by atoms with Crippen molar-refractivity contribution >= 4 is 43.3 Å². The third kappa shape index (κ3) is 3.83. The molecular formula is C28H27F2N7O2S. The number of ether oxygens (including phenoxy) is 2. The predicted molar refractivity (Wildman–Crippen MR) is 148 cm³/mol. The van der Waals surface area contributed by atoms with Crippen LogP contribution in [0.25, 0.3) is 32.2 Å². The Hall–Kier alpha value is -3.50. The molecule has 2 atom stereocenters. The molecule has 9 nitrogen and oxygen atoms in total. The Balaban J connectivity index is 1.33. The number of aromatic nitrogens is 3. The van der Waals surface area contributed by atoms with Crippen LogP contribution in [0, 0.1) is 23.0 Å². The summed E-state index contributed by atoms with van der Waals surface area (Å²) in [6, 6.07) is 2.82. The third-order valence-electron chi connectivity index (χ3n) is 8.43. The summed E-state index contributed by atoms with van der Waals surface area (Å²) < 4.78 is 42.6. The summed E-state index contributed by atoms with van der Waals surface area (Å²) in [6.07, 6.45) is 5.98. The lowest BCUT2D eigenvalue weighted by Gasteiger charge is -2.30. The molecule has 4 aromatic rings. The number of nitriles is 1. The Kier molecular flexibility index (Phi) is 6.27. The van der Waals surface area contributed by atoms with E-state index in [9.17, 15) is 9.65 Å². The zero-order valence-electron chi connectivity index (χ0n) is 21.9. The summed E-state index contributed by atoms with van der Waals surface area (Å²) in [6.45, 7) is 3.73. The van der Waals surface area contributed by atoms with Gasteiger partial charge < -0.3 is 20.1 Å². The van der Waals surface area contributed by atoms with E-state index in [1.54, 1.807) is 13.3 Å². The minimum absolute atomic E-state index is 0.0920. The lowest BCUT2D eigenvalue weighted by Crippen LogP contribution is -2.42. The van der Waals surface area contributed by atoms with E-state index in [0.717, 1.165) is 68.6 Å². The Morgan fingerprint density at radius 1 is 1.20 bits per heavy atom. The minimum Gasteiger partial charge on any atom is -0.389 e. The van der Waals surface area contributed by atoms with E-state index < -0.39 is 11.6 Å². The number of likely N-dealkylation sites (tertiary alicyclic amines) is 1. The minimum atomic E-state index is -0.606. The molecule has 2 fully saturated rings. The second-order valence-electron chi connectivity index (χ2n) is 10.6. The number of nitrogens with zero attached hydrogens (tertiary/aromatic N) is 6. The molecule has 0 bridgehead atoms. The normalized spacial score (nSPS) is 21.1. The van der Waals surface area contributed by atoms with Crippen LogP contribution in [-0.2, 0) is 22.7 Å². The maximum atomic E-state index is 16.6. The van der Waals surface area contributed by atoms with E-state index in [1.807, 2.05) is 6.07 Å². The molecule has 0 saturated carbocycles. The van der Waals surface area contributed by atoms with Crippen molar-refractivity contribution in [1.29, 1.82) is 5.26 Å². The summed E-state index contributed by atoms with van der Waals surface area (Å²) in [5.74, 6) is -0.728. The van der Waals surface area contributed by atoms with Gasteiger partial charge in [0.1, 0.15) is 16.6 Å². The van der Waals surface area contributed by atoms with Crippen LogP contribution >= 0.6 is 11.3 Å². The van der Waals surface area contributed by atoms with Gasteiger partial charge in [0.05, 0.1) is 42.0 Å². The number of halogens is 2. The van der Waals surface area contributed by atoms with Gasteiger partial charge in [-0.15, -0.1) is 11.3 Å². The summed E-state index contributed by atoms with van der Waals surface area (Å²) in [5, 5.41) is 10.7. The fourth-order valence-electron chi connectivity index (χ4n) is 6.60. The molecule has 2 N–H and O–H groups in total. The molecule has 1 aromatic carbocycles. The predicted octanol–water partition coefficient (Wildman–Crippen LogP) is 4.36. The quantitative estimate of drug-likeness (QED) is 0.378. The van der Waals surface area contributed by atoms with Crippen LogP contribution in [0.5, 0.6) is 0 Å². The standard InChI is InChI=1S/C28H27F2N7O2S/c1-38-11-15-3-2-5-37(15)14-4-6-36(10-14)28-34-8-17-18-12-39-13-19(18)21(23(30)24(17)35-28)25-22-16(7-31)27(32)40-26(22)20(29)9-33-25/h8-9,14-15H,2-6,10-13,32H2,1H3/t14-,15+/m1/s1. The van der Waals surface area contributed by atoms with E-state index in [-0.39, 0.29) is 50.6 Å². The van der Waals surface area contributed by atoms with Crippen molar-refractivity contribution in [3.63, 3.8) is 0 Å². The number of nitrogen functional groups attached to an aromatic ring is 1. The Labute approximate surface area is 233 Å². The molecule has 7 rings (SSSR count). The number of fused-ring (bicyclic) bond motifs is 4. The van der Waals surface area contributed by atoms with Gasteiger partial charge in [0.25, 0.3) is 0 Å². The van der Waals surface area contributed by atoms with Crippen molar-refractivity contribution in [3.8, 4) is 17.3 Å². The van der Waals surface area contributed by atoms with E-state index in [4.69, 9.17) is 20.2 Å². The first kappa shape index (κ1) is 25.5. The van der Waals surface area contributed by atoms with Crippen LogP contribution < -0.4 is 10.6 Å². The van der Waals surface area contributed by atoms with E-state index in [1.165, 1.54) is 0 Å². The van der Waals surface area contributed by atoms with Crippen LogP contribution in [0.2, 0.25) is 0 Å². The molecule has 3 aromatic heterocycles. The van der Waals surface area contributed by atoms with Gasteiger partial charge in [-0.2, -0.15) is 5.26 Å². The number of hydrogen-bond acceptors (Lipinski definition) is 10. The first-order chi connectivity index (χ1) is 19.5. The highest BCUT2D eigenvalue weighted by Gasteiger charge is 2.36. The average Bonchev–Trinajstić information content (AvgIpc) is 3.76. The second-order valence-corrected chi connectivity index (χ2v) is 11.6. The summed E-state index contributed by atoms with van der Waals surface area (Å²) >= 11 is 0.957. The molecule has 206 valence electrons. The van der Waals surface area contributed by atoms with E-state index >= 15 is 4.39 Å². The lowest BCUT2D eigenvalue weighted by atomic mass is 9.94. The molecule has 3 aliphatic heterocycles. The molecular weight excluding hydrogens is 536 g/mol. The van der Waals surface area contributed by atoms with Crippen LogP contribution in [0.4, 0.5) is 19.7 Å². The van der Waals surface area contributed by atoms with Crippen molar-refractivity contribution in [2.75, 3.05) is 44.0 Å². The number of nitrogens with two attached hydrogens (primary N) is 1. The first-order valence-electron chi connectivity index (χ1n) is 13.3. The van der Waals surface area contributed by atoms with Gasteiger partial charge in [-0.3, -0.25) is 9.88 Å². The topological polar surface area (TPSA) is 113 Å². The van der Waals surface area contributed by atoms with E-state index in [2.05, 4.69) is 19.8 Å². The highest BCUT2D eigenvalue weighted by Crippen LogP contribution is 2.45. The van der Waals surface area contributed by atoms with Crippen LogP contribution in [-0.4, -0.2) is 65.3 Å². The van der Waals surface area contributed by atoms with Crippen molar-refractivity contribution in [2.24, 2.45) is 0 Å². The average molecular weight is 564 g/mol. The van der Waals surface area contributed by atoms with Gasteiger partial charge in [0.2, 0.25) is 5.95 Å². The van der Waals surface area contributed by atoms with Crippen LogP contribution in [0.15, 0.2) is 12.4 Å². The van der Waals surface area contributed by atoms with Crippen molar-refractivity contribution < 1.29 is 18.3 Å². The number of anilines is 2. The van der Waals surface area contributed by atoms with Gasteiger partial charge in [-0.05, 0) is 36.9 Å². The SMILES string of the molecule is COC[C@@H]1CCCN1[C@@H]1CCN(c2ncc3c4c(c(-c5ncc(F)c6sc(N)c(C#N)c56)c(F)c3n2)COC4)C1. The smallest absolute Gasteiger partial charge is 0.226 e. The Morgan fingerprint density at radius 2 is 2.05 bits per heavy atom. The molecule has 0 radical (unpaired) electrons. The molecule has 6 heterocycles. The highest BCUT2D eigenvalue weighted by atomic mass is 32.1.